The van der Waals surface area contributed by atoms with Crippen molar-refractivity contribution in [1.29, 1.82) is 0 Å². The molecular weight excluding hydrogens is 412 g/mol. The number of H-pyrrole nitrogens is 1. The zero-order valence-corrected chi connectivity index (χ0v) is 18.0. The number of hydrogen-bond donors (Lipinski definition) is 2. The number of ether oxygens (including phenoxy) is 1. The number of para-hydroxylation sites is 1. The van der Waals surface area contributed by atoms with Crippen molar-refractivity contribution < 1.29 is 9.53 Å². The van der Waals surface area contributed by atoms with Gasteiger partial charge in [0.2, 0.25) is 5.91 Å². The summed E-state index contributed by atoms with van der Waals surface area (Å²) in [5.74, 6) is 2.08. The molecular formula is C22H22N6O2S. The summed E-state index contributed by atoms with van der Waals surface area (Å²) in [5.41, 5.74) is 3.06. The molecule has 4 aromatic rings. The zero-order valence-electron chi connectivity index (χ0n) is 17.2. The molecule has 0 fully saturated rings. The van der Waals surface area contributed by atoms with Crippen LogP contribution in [0.25, 0.3) is 17.1 Å². The molecule has 0 aliphatic rings. The van der Waals surface area contributed by atoms with Crippen molar-refractivity contribution in [2.24, 2.45) is 0 Å². The molecule has 0 atom stereocenters. The predicted molar refractivity (Wildman–Crippen MR) is 119 cm³/mol. The Morgan fingerprint density at radius 2 is 2.00 bits per heavy atom. The number of hydrogen-bond acceptors (Lipinski definition) is 6. The molecule has 2 heterocycles. The number of amides is 1. The van der Waals surface area contributed by atoms with Crippen LogP contribution in [0.15, 0.2) is 66.1 Å². The Kier molecular flexibility index (Phi) is 6.32. The maximum atomic E-state index is 12.3. The second kappa shape index (κ2) is 9.48. The number of carbonyl (C=O) groups excluding carboxylic acids is 1. The maximum absolute atomic E-state index is 12.3. The van der Waals surface area contributed by atoms with Crippen LogP contribution in [0.2, 0.25) is 0 Å². The predicted octanol–water partition coefficient (Wildman–Crippen LogP) is 3.38. The molecule has 1 amide bonds. The summed E-state index contributed by atoms with van der Waals surface area (Å²) in [4.78, 5) is 21.1. The molecule has 0 aliphatic carbocycles. The van der Waals surface area contributed by atoms with Crippen molar-refractivity contribution in [3.63, 3.8) is 0 Å². The largest absolute Gasteiger partial charge is 0.497 e. The van der Waals surface area contributed by atoms with E-state index in [1.807, 2.05) is 66.2 Å². The van der Waals surface area contributed by atoms with Gasteiger partial charge < -0.3 is 10.1 Å². The van der Waals surface area contributed by atoms with Gasteiger partial charge in [-0.25, -0.2) is 9.97 Å². The van der Waals surface area contributed by atoms with Crippen LogP contribution >= 0.6 is 11.8 Å². The first-order valence-electron chi connectivity index (χ1n) is 9.68. The topological polar surface area (TPSA) is 97.7 Å². The number of thioether (sulfide) groups is 1. The van der Waals surface area contributed by atoms with E-state index in [2.05, 4.69) is 25.5 Å². The Morgan fingerprint density at radius 3 is 2.77 bits per heavy atom. The Morgan fingerprint density at radius 1 is 1.19 bits per heavy atom. The summed E-state index contributed by atoms with van der Waals surface area (Å²) in [6.45, 7) is 2.32. The van der Waals surface area contributed by atoms with Crippen LogP contribution in [0, 0.1) is 6.92 Å². The molecule has 0 aliphatic heterocycles. The highest BCUT2D eigenvalue weighted by Crippen LogP contribution is 2.22. The van der Waals surface area contributed by atoms with Crippen molar-refractivity contribution >= 4 is 17.7 Å². The van der Waals surface area contributed by atoms with Crippen molar-refractivity contribution in [3.05, 3.63) is 72.3 Å². The van der Waals surface area contributed by atoms with Gasteiger partial charge in [0.1, 0.15) is 11.6 Å². The number of aromatic nitrogens is 5. The number of imidazole rings is 1. The molecule has 0 radical (unpaired) electrons. The van der Waals surface area contributed by atoms with Crippen molar-refractivity contribution in [3.8, 4) is 22.8 Å². The van der Waals surface area contributed by atoms with Crippen LogP contribution < -0.4 is 10.1 Å². The minimum atomic E-state index is -0.105. The lowest BCUT2D eigenvalue weighted by atomic mass is 10.2. The molecule has 2 N–H and O–H groups in total. The van der Waals surface area contributed by atoms with Gasteiger partial charge in [-0.05, 0) is 42.8 Å². The standard InChI is InChI=1S/C22H22N6O2S/c1-15-5-3-4-6-18(15)28-12-11-23-22(28)31-14-20(29)24-13-19-25-21(27-26-19)16-7-9-17(30-2)10-8-16/h3-12H,13-14H2,1-2H3,(H,24,29)(H,25,26,27). The molecule has 0 bridgehead atoms. The van der Waals surface area contributed by atoms with Gasteiger partial charge in [-0.3, -0.25) is 14.5 Å². The Bertz CT molecular complexity index is 1170. The zero-order chi connectivity index (χ0) is 21.6. The first-order valence-corrected chi connectivity index (χ1v) is 10.7. The van der Waals surface area contributed by atoms with Gasteiger partial charge in [0, 0.05) is 18.0 Å². The summed E-state index contributed by atoms with van der Waals surface area (Å²) >= 11 is 1.39. The number of aromatic amines is 1. The lowest BCUT2D eigenvalue weighted by Gasteiger charge is -2.10. The lowest BCUT2D eigenvalue weighted by molar-refractivity contribution is -0.118. The summed E-state index contributed by atoms with van der Waals surface area (Å²) in [6.07, 6.45) is 3.64. The second-order valence-electron chi connectivity index (χ2n) is 6.77. The molecule has 2 aromatic heterocycles. The second-order valence-corrected chi connectivity index (χ2v) is 7.71. The number of rotatable bonds is 8. The molecule has 158 valence electrons. The van der Waals surface area contributed by atoms with Crippen LogP contribution in [-0.2, 0) is 11.3 Å². The average molecular weight is 435 g/mol. The maximum Gasteiger partial charge on any atom is 0.230 e. The van der Waals surface area contributed by atoms with E-state index < -0.39 is 0 Å². The Hall–Kier alpha value is -3.59. The molecule has 9 heteroatoms. The van der Waals surface area contributed by atoms with E-state index in [1.54, 1.807) is 13.3 Å². The molecule has 2 aromatic carbocycles. The van der Waals surface area contributed by atoms with Crippen LogP contribution in [0.3, 0.4) is 0 Å². The van der Waals surface area contributed by atoms with Crippen LogP contribution in [0.4, 0.5) is 0 Å². The van der Waals surface area contributed by atoms with E-state index in [4.69, 9.17) is 4.74 Å². The normalized spacial score (nSPS) is 10.8. The van der Waals surface area contributed by atoms with Gasteiger partial charge in [-0.1, -0.05) is 30.0 Å². The third-order valence-corrected chi connectivity index (χ3v) is 5.61. The van der Waals surface area contributed by atoms with Crippen LogP contribution in [0.5, 0.6) is 5.75 Å². The summed E-state index contributed by atoms with van der Waals surface area (Å²) in [7, 11) is 1.62. The molecule has 0 saturated carbocycles. The average Bonchev–Trinajstić information content (AvgIpc) is 3.46. The van der Waals surface area contributed by atoms with Crippen molar-refractivity contribution in [2.75, 3.05) is 12.9 Å². The minimum absolute atomic E-state index is 0.105. The first kappa shape index (κ1) is 20.7. The number of methoxy groups -OCH3 is 1. The van der Waals surface area contributed by atoms with E-state index >= 15 is 0 Å². The van der Waals surface area contributed by atoms with Crippen molar-refractivity contribution in [1.82, 2.24) is 30.0 Å². The lowest BCUT2D eigenvalue weighted by Crippen LogP contribution is -2.25. The highest BCUT2D eigenvalue weighted by Gasteiger charge is 2.12. The minimum Gasteiger partial charge on any atom is -0.497 e. The molecule has 0 saturated heterocycles. The number of nitrogens with zero attached hydrogens (tertiary/aromatic N) is 4. The number of carbonyl (C=O) groups is 1. The molecule has 4 rings (SSSR count). The Balaban J connectivity index is 1.31. The van der Waals surface area contributed by atoms with E-state index in [-0.39, 0.29) is 18.2 Å². The smallest absolute Gasteiger partial charge is 0.230 e. The van der Waals surface area contributed by atoms with Crippen LogP contribution in [-0.4, -0.2) is 43.5 Å². The quantitative estimate of drug-likeness (QED) is 0.413. The van der Waals surface area contributed by atoms with E-state index in [0.29, 0.717) is 11.6 Å². The molecule has 0 spiro atoms. The number of aryl methyl sites for hydroxylation is 1. The SMILES string of the molecule is COc1ccc(-c2n[nH]c(CNC(=O)CSc3nccn3-c3ccccc3C)n2)cc1. The van der Waals surface area contributed by atoms with Crippen molar-refractivity contribution in [2.45, 2.75) is 18.6 Å². The molecule has 31 heavy (non-hydrogen) atoms. The molecule has 0 unspecified atom stereocenters. The summed E-state index contributed by atoms with van der Waals surface area (Å²) in [6, 6.07) is 15.5. The third-order valence-electron chi connectivity index (χ3n) is 4.65. The third kappa shape index (κ3) is 4.95. The van der Waals surface area contributed by atoms with Gasteiger partial charge in [0.25, 0.3) is 0 Å². The van der Waals surface area contributed by atoms with Gasteiger partial charge in [0.15, 0.2) is 11.0 Å². The highest BCUT2D eigenvalue weighted by molar-refractivity contribution is 7.99. The van der Waals surface area contributed by atoms with Crippen LogP contribution in [0.1, 0.15) is 11.4 Å². The monoisotopic (exact) mass is 434 g/mol. The number of benzene rings is 2. The van der Waals surface area contributed by atoms with Gasteiger partial charge in [-0.2, -0.15) is 5.10 Å². The fourth-order valence-corrected chi connectivity index (χ4v) is 3.82. The summed E-state index contributed by atoms with van der Waals surface area (Å²) < 4.78 is 7.15. The van der Waals surface area contributed by atoms with Gasteiger partial charge in [0.05, 0.1) is 25.1 Å². The van der Waals surface area contributed by atoms with E-state index in [0.717, 1.165) is 27.7 Å². The fourth-order valence-electron chi connectivity index (χ4n) is 3.02. The van der Waals surface area contributed by atoms with E-state index in [1.165, 1.54) is 11.8 Å². The summed E-state index contributed by atoms with van der Waals surface area (Å²) in [5, 5.41) is 10.7. The van der Waals surface area contributed by atoms with E-state index in [9.17, 15) is 4.79 Å². The highest BCUT2D eigenvalue weighted by atomic mass is 32.2. The molecule has 8 nitrogen and oxygen atoms in total. The fraction of sp³-hybridized carbons (Fsp3) is 0.182. The van der Waals surface area contributed by atoms with Gasteiger partial charge in [-0.15, -0.1) is 0 Å². The van der Waals surface area contributed by atoms with Gasteiger partial charge >= 0.3 is 0 Å². The Labute approximate surface area is 184 Å². The first-order chi connectivity index (χ1) is 15.1. The number of nitrogens with one attached hydrogen (secondary N) is 2.